The lowest BCUT2D eigenvalue weighted by atomic mass is 9.85. The summed E-state index contributed by atoms with van der Waals surface area (Å²) in [6.07, 6.45) is 0.245. The number of sulfonamides is 1. The molecule has 0 unspecified atom stereocenters. The summed E-state index contributed by atoms with van der Waals surface area (Å²) in [5, 5.41) is 10.8. The van der Waals surface area contributed by atoms with E-state index in [2.05, 4.69) is 0 Å². The van der Waals surface area contributed by atoms with Crippen LogP contribution in [-0.2, 0) is 15.6 Å². The molecule has 6 nitrogen and oxygen atoms in total. The largest absolute Gasteiger partial charge is 0.486 e. The highest BCUT2D eigenvalue weighted by Crippen LogP contribution is 2.37. The Labute approximate surface area is 157 Å². The molecule has 0 aromatic heterocycles. The molecule has 2 heterocycles. The van der Waals surface area contributed by atoms with Crippen molar-refractivity contribution in [3.63, 3.8) is 0 Å². The zero-order valence-corrected chi connectivity index (χ0v) is 15.4. The Hall–Kier alpha value is -2.16. The maximum absolute atomic E-state index is 14.1. The van der Waals surface area contributed by atoms with Crippen LogP contribution in [0.4, 0.5) is 4.39 Å². The SMILES string of the molecule is O=S(=O)(c1ccc2c(c1)OCCO2)N1CCC(O)(c2ccccc2F)CC1. The molecule has 8 heteroatoms. The van der Waals surface area contributed by atoms with E-state index in [4.69, 9.17) is 9.47 Å². The zero-order valence-electron chi connectivity index (χ0n) is 14.6. The summed E-state index contributed by atoms with van der Waals surface area (Å²) < 4.78 is 52.2. The van der Waals surface area contributed by atoms with Crippen molar-refractivity contribution in [2.24, 2.45) is 0 Å². The monoisotopic (exact) mass is 393 g/mol. The van der Waals surface area contributed by atoms with Crippen LogP contribution in [-0.4, -0.2) is 44.1 Å². The number of nitrogens with zero attached hydrogens (tertiary/aromatic N) is 1. The third-order valence-electron chi connectivity index (χ3n) is 5.08. The number of benzene rings is 2. The Morgan fingerprint density at radius 1 is 1.00 bits per heavy atom. The van der Waals surface area contributed by atoms with E-state index < -0.39 is 21.4 Å². The quantitative estimate of drug-likeness (QED) is 0.866. The van der Waals surface area contributed by atoms with Crippen LogP contribution in [0.1, 0.15) is 18.4 Å². The molecule has 0 saturated carbocycles. The lowest BCUT2D eigenvalue weighted by molar-refractivity contribution is -0.0125. The van der Waals surface area contributed by atoms with E-state index in [1.165, 1.54) is 22.5 Å². The first-order valence-electron chi connectivity index (χ1n) is 8.77. The number of aliphatic hydroxyl groups is 1. The summed E-state index contributed by atoms with van der Waals surface area (Å²) in [6, 6.07) is 10.6. The molecule has 0 spiro atoms. The van der Waals surface area contributed by atoms with Crippen LogP contribution in [0.25, 0.3) is 0 Å². The van der Waals surface area contributed by atoms with Crippen molar-refractivity contribution < 1.29 is 27.4 Å². The van der Waals surface area contributed by atoms with E-state index in [0.717, 1.165) is 0 Å². The summed E-state index contributed by atoms with van der Waals surface area (Å²) in [5.74, 6) is 0.443. The van der Waals surface area contributed by atoms with E-state index in [1.807, 2.05) is 0 Å². The molecule has 2 aromatic carbocycles. The number of hydrogen-bond acceptors (Lipinski definition) is 5. The van der Waals surface area contributed by atoms with Gasteiger partial charge in [-0.25, -0.2) is 12.8 Å². The minimum absolute atomic E-state index is 0.0988. The number of ether oxygens (including phenoxy) is 2. The molecule has 1 saturated heterocycles. The average molecular weight is 393 g/mol. The molecule has 1 N–H and O–H groups in total. The first kappa shape index (κ1) is 18.2. The fourth-order valence-corrected chi connectivity index (χ4v) is 5.00. The Kier molecular flexibility index (Phi) is 4.57. The summed E-state index contributed by atoms with van der Waals surface area (Å²) >= 11 is 0. The number of rotatable bonds is 3. The molecule has 0 amide bonds. The molecule has 2 aliphatic heterocycles. The van der Waals surface area contributed by atoms with Gasteiger partial charge in [-0.1, -0.05) is 18.2 Å². The Balaban J connectivity index is 1.54. The molecule has 2 aliphatic rings. The second kappa shape index (κ2) is 6.78. The maximum atomic E-state index is 14.1. The van der Waals surface area contributed by atoms with Gasteiger partial charge in [-0.3, -0.25) is 0 Å². The molecule has 4 rings (SSSR count). The molecule has 0 bridgehead atoms. The van der Waals surface area contributed by atoms with Gasteiger partial charge in [0.05, 0.1) is 10.5 Å². The van der Waals surface area contributed by atoms with Crippen molar-refractivity contribution >= 4 is 10.0 Å². The van der Waals surface area contributed by atoms with Crippen molar-refractivity contribution in [3.8, 4) is 11.5 Å². The zero-order chi connectivity index (χ0) is 19.1. The van der Waals surface area contributed by atoms with Gasteiger partial charge in [0.15, 0.2) is 11.5 Å². The normalized spacial score (nSPS) is 19.6. The third-order valence-corrected chi connectivity index (χ3v) is 6.97. The van der Waals surface area contributed by atoms with Crippen molar-refractivity contribution in [1.29, 1.82) is 0 Å². The van der Waals surface area contributed by atoms with Crippen molar-refractivity contribution in [1.82, 2.24) is 4.31 Å². The molecule has 0 radical (unpaired) electrons. The van der Waals surface area contributed by atoms with E-state index in [-0.39, 0.29) is 36.4 Å². The standard InChI is InChI=1S/C19H20FNO5S/c20-16-4-2-1-3-15(16)19(22)7-9-21(10-8-19)27(23,24)14-5-6-17-18(13-14)26-12-11-25-17/h1-6,13,22H,7-12H2. The van der Waals surface area contributed by atoms with Gasteiger partial charge in [0, 0.05) is 24.7 Å². The van der Waals surface area contributed by atoms with E-state index in [9.17, 15) is 17.9 Å². The summed E-state index contributed by atoms with van der Waals surface area (Å²) in [7, 11) is -3.75. The molecule has 2 aromatic rings. The van der Waals surface area contributed by atoms with Gasteiger partial charge in [-0.05, 0) is 31.0 Å². The first-order chi connectivity index (χ1) is 12.9. The molecule has 27 heavy (non-hydrogen) atoms. The lowest BCUT2D eigenvalue weighted by Gasteiger charge is -2.38. The van der Waals surface area contributed by atoms with Crippen molar-refractivity contribution in [2.75, 3.05) is 26.3 Å². The Morgan fingerprint density at radius 3 is 2.37 bits per heavy atom. The van der Waals surface area contributed by atoms with Gasteiger partial charge in [-0.2, -0.15) is 4.31 Å². The number of piperidine rings is 1. The van der Waals surface area contributed by atoms with Crippen LogP contribution in [0, 0.1) is 5.82 Å². The second-order valence-corrected chi connectivity index (χ2v) is 8.66. The third kappa shape index (κ3) is 3.28. The Morgan fingerprint density at radius 2 is 1.67 bits per heavy atom. The highest BCUT2D eigenvalue weighted by atomic mass is 32.2. The molecule has 144 valence electrons. The average Bonchev–Trinajstić information content (AvgIpc) is 2.68. The van der Waals surface area contributed by atoms with Gasteiger partial charge in [0.1, 0.15) is 19.0 Å². The predicted octanol–water partition coefficient (Wildman–Crippen LogP) is 2.27. The first-order valence-corrected chi connectivity index (χ1v) is 10.2. The van der Waals surface area contributed by atoms with Crippen molar-refractivity contribution in [3.05, 3.63) is 53.8 Å². The summed E-state index contributed by atoms with van der Waals surface area (Å²) in [5.41, 5.74) is -1.16. The van der Waals surface area contributed by atoms with Gasteiger partial charge in [0.25, 0.3) is 0 Å². The lowest BCUT2D eigenvalue weighted by Crippen LogP contribution is -2.45. The van der Waals surface area contributed by atoms with Gasteiger partial charge in [0.2, 0.25) is 10.0 Å². The van der Waals surface area contributed by atoms with Crippen LogP contribution < -0.4 is 9.47 Å². The topological polar surface area (TPSA) is 76.1 Å². The maximum Gasteiger partial charge on any atom is 0.243 e. The molecule has 1 fully saturated rings. The molecule has 0 atom stereocenters. The van der Waals surface area contributed by atoms with Crippen LogP contribution in [0.3, 0.4) is 0 Å². The second-order valence-electron chi connectivity index (χ2n) is 6.72. The molecular weight excluding hydrogens is 373 g/mol. The fraction of sp³-hybridized carbons (Fsp3) is 0.368. The summed E-state index contributed by atoms with van der Waals surface area (Å²) in [6.45, 7) is 0.999. The highest BCUT2D eigenvalue weighted by molar-refractivity contribution is 7.89. The highest BCUT2D eigenvalue weighted by Gasteiger charge is 2.39. The van der Waals surface area contributed by atoms with Crippen molar-refractivity contribution in [2.45, 2.75) is 23.3 Å². The van der Waals surface area contributed by atoms with E-state index in [0.29, 0.717) is 24.7 Å². The molecule has 0 aliphatic carbocycles. The molecular formula is C19H20FNO5S. The number of halogens is 1. The smallest absolute Gasteiger partial charge is 0.243 e. The minimum Gasteiger partial charge on any atom is -0.486 e. The number of fused-ring (bicyclic) bond motifs is 1. The van der Waals surface area contributed by atoms with Gasteiger partial charge >= 0.3 is 0 Å². The summed E-state index contributed by atoms with van der Waals surface area (Å²) in [4.78, 5) is 0.114. The number of hydrogen-bond donors (Lipinski definition) is 1. The Bertz CT molecular complexity index is 954. The predicted molar refractivity (Wildman–Crippen MR) is 95.7 cm³/mol. The van der Waals surface area contributed by atoms with Crippen LogP contribution in [0.5, 0.6) is 11.5 Å². The van der Waals surface area contributed by atoms with Gasteiger partial charge in [-0.15, -0.1) is 0 Å². The van der Waals surface area contributed by atoms with Crippen LogP contribution in [0.15, 0.2) is 47.4 Å². The fourth-order valence-electron chi connectivity index (χ4n) is 3.54. The van der Waals surface area contributed by atoms with Crippen LogP contribution in [0.2, 0.25) is 0 Å². The van der Waals surface area contributed by atoms with Crippen LogP contribution >= 0.6 is 0 Å². The minimum atomic E-state index is -3.75. The van der Waals surface area contributed by atoms with E-state index in [1.54, 1.807) is 24.3 Å². The van der Waals surface area contributed by atoms with E-state index >= 15 is 0 Å². The van der Waals surface area contributed by atoms with Gasteiger partial charge < -0.3 is 14.6 Å².